The molecule has 0 aromatic carbocycles. The van der Waals surface area contributed by atoms with Crippen molar-refractivity contribution in [1.82, 2.24) is 10.6 Å². The predicted octanol–water partition coefficient (Wildman–Crippen LogP) is 3.22. The molecule has 4 bridgehead atoms. The summed E-state index contributed by atoms with van der Waals surface area (Å²) in [6.45, 7) is 8.03. The van der Waals surface area contributed by atoms with Crippen molar-refractivity contribution in [1.29, 1.82) is 0 Å². The normalized spacial score (nSPS) is 49.2. The summed E-state index contributed by atoms with van der Waals surface area (Å²) in [5.41, 5.74) is 1.41. The van der Waals surface area contributed by atoms with Gasteiger partial charge in [-0.15, -0.1) is 0 Å². The number of thiocarbonyl (C=S) groups is 1. The predicted molar refractivity (Wildman–Crippen MR) is 79.5 cm³/mol. The molecular formula is C15H26N2S. The molecule has 4 saturated carbocycles. The van der Waals surface area contributed by atoms with Gasteiger partial charge in [0.25, 0.3) is 0 Å². The Balaban J connectivity index is 1.82. The van der Waals surface area contributed by atoms with Gasteiger partial charge in [-0.05, 0) is 74.4 Å². The molecule has 4 fully saturated rings. The maximum absolute atomic E-state index is 5.44. The van der Waals surface area contributed by atoms with Crippen molar-refractivity contribution in [2.45, 2.75) is 64.8 Å². The van der Waals surface area contributed by atoms with Crippen LogP contribution in [0.25, 0.3) is 0 Å². The first-order valence-corrected chi connectivity index (χ1v) is 7.83. The van der Waals surface area contributed by atoms with Crippen LogP contribution in [0, 0.1) is 16.7 Å². The van der Waals surface area contributed by atoms with Gasteiger partial charge in [-0.2, -0.15) is 0 Å². The fraction of sp³-hybridized carbons (Fsp3) is 0.933. The molecule has 4 rings (SSSR count). The fourth-order valence-corrected chi connectivity index (χ4v) is 6.39. The van der Waals surface area contributed by atoms with Gasteiger partial charge in [-0.1, -0.05) is 13.8 Å². The van der Waals surface area contributed by atoms with Crippen molar-refractivity contribution >= 4 is 17.3 Å². The average Bonchev–Trinajstić information content (AvgIpc) is 2.09. The Kier molecular flexibility index (Phi) is 2.71. The maximum atomic E-state index is 5.44. The molecule has 0 aromatic rings. The SMILES string of the molecule is CCNC(=S)NC12CC3CC(C)(CC(C)(C3)C1)C2. The second-order valence-corrected chi connectivity index (χ2v) is 8.30. The minimum atomic E-state index is 0.294. The lowest BCUT2D eigenvalue weighted by molar-refractivity contribution is -0.111. The third-order valence-electron chi connectivity index (χ3n) is 5.34. The molecular weight excluding hydrogens is 240 g/mol. The zero-order chi connectivity index (χ0) is 13.0. The molecule has 0 aromatic heterocycles. The standard InChI is InChI=1S/C15H26N2S/c1-4-16-12(18)17-15-7-11-5-13(2,9-15)8-14(3,6-11)10-15/h11H,4-10H2,1-3H3,(H2,16,17,18). The van der Waals surface area contributed by atoms with Crippen LogP contribution in [0.1, 0.15) is 59.3 Å². The number of nitrogens with one attached hydrogen (secondary N) is 2. The van der Waals surface area contributed by atoms with Crippen LogP contribution >= 0.6 is 12.2 Å². The zero-order valence-corrected chi connectivity index (χ0v) is 12.8. The second kappa shape index (κ2) is 3.84. The highest BCUT2D eigenvalue weighted by Gasteiger charge is 2.60. The molecule has 0 heterocycles. The van der Waals surface area contributed by atoms with Crippen LogP contribution in [-0.2, 0) is 0 Å². The van der Waals surface area contributed by atoms with Crippen molar-refractivity contribution in [2.24, 2.45) is 16.7 Å². The van der Waals surface area contributed by atoms with Crippen LogP contribution in [-0.4, -0.2) is 17.2 Å². The monoisotopic (exact) mass is 266 g/mol. The van der Waals surface area contributed by atoms with Crippen LogP contribution in [0.4, 0.5) is 0 Å². The number of hydrogen-bond acceptors (Lipinski definition) is 1. The first kappa shape index (κ1) is 12.7. The highest BCUT2D eigenvalue weighted by Crippen LogP contribution is 2.66. The van der Waals surface area contributed by atoms with E-state index in [1.165, 1.54) is 38.5 Å². The van der Waals surface area contributed by atoms with Gasteiger partial charge in [0.15, 0.2) is 5.11 Å². The van der Waals surface area contributed by atoms with E-state index in [9.17, 15) is 0 Å². The molecule has 4 aliphatic carbocycles. The van der Waals surface area contributed by atoms with E-state index in [1.54, 1.807) is 0 Å². The molecule has 0 saturated heterocycles. The van der Waals surface area contributed by atoms with E-state index in [4.69, 9.17) is 12.2 Å². The molecule has 0 aliphatic heterocycles. The summed E-state index contributed by atoms with van der Waals surface area (Å²) in [5, 5.41) is 7.83. The average molecular weight is 266 g/mol. The summed E-state index contributed by atoms with van der Waals surface area (Å²) in [5.74, 6) is 0.924. The Morgan fingerprint density at radius 2 is 1.72 bits per heavy atom. The molecule has 2 unspecified atom stereocenters. The van der Waals surface area contributed by atoms with Gasteiger partial charge in [0.2, 0.25) is 0 Å². The van der Waals surface area contributed by atoms with Crippen molar-refractivity contribution in [3.05, 3.63) is 0 Å². The van der Waals surface area contributed by atoms with Gasteiger partial charge in [-0.25, -0.2) is 0 Å². The molecule has 102 valence electrons. The van der Waals surface area contributed by atoms with Gasteiger partial charge in [-0.3, -0.25) is 0 Å². The number of rotatable bonds is 2. The highest BCUT2D eigenvalue weighted by molar-refractivity contribution is 7.80. The Morgan fingerprint density at radius 3 is 2.22 bits per heavy atom. The summed E-state index contributed by atoms with van der Waals surface area (Å²) in [4.78, 5) is 0. The molecule has 2 atom stereocenters. The molecule has 2 N–H and O–H groups in total. The van der Waals surface area contributed by atoms with Gasteiger partial charge in [0, 0.05) is 12.1 Å². The Bertz CT molecular complexity index is 361. The second-order valence-electron chi connectivity index (χ2n) is 7.89. The van der Waals surface area contributed by atoms with Crippen molar-refractivity contribution in [3.8, 4) is 0 Å². The zero-order valence-electron chi connectivity index (χ0n) is 11.9. The summed E-state index contributed by atoms with van der Waals surface area (Å²) >= 11 is 5.44. The van der Waals surface area contributed by atoms with Crippen LogP contribution < -0.4 is 10.6 Å². The summed E-state index contributed by atoms with van der Waals surface area (Å²) in [6.07, 6.45) is 8.28. The van der Waals surface area contributed by atoms with Crippen molar-refractivity contribution in [3.63, 3.8) is 0 Å². The Labute approximate surface area is 116 Å². The smallest absolute Gasteiger partial charge is 0.166 e. The lowest BCUT2D eigenvalue weighted by Crippen LogP contribution is -2.66. The van der Waals surface area contributed by atoms with Gasteiger partial charge in [0.1, 0.15) is 0 Å². The van der Waals surface area contributed by atoms with E-state index in [1.807, 2.05) is 0 Å². The van der Waals surface area contributed by atoms with Crippen LogP contribution in [0.5, 0.6) is 0 Å². The fourth-order valence-electron chi connectivity index (χ4n) is 6.03. The quantitative estimate of drug-likeness (QED) is 0.751. The van der Waals surface area contributed by atoms with E-state index in [0.29, 0.717) is 16.4 Å². The minimum Gasteiger partial charge on any atom is -0.363 e. The molecule has 18 heavy (non-hydrogen) atoms. The van der Waals surface area contributed by atoms with E-state index < -0.39 is 0 Å². The summed E-state index contributed by atoms with van der Waals surface area (Å²) in [7, 11) is 0. The lowest BCUT2D eigenvalue weighted by Gasteiger charge is -2.65. The van der Waals surface area contributed by atoms with E-state index >= 15 is 0 Å². The van der Waals surface area contributed by atoms with Crippen molar-refractivity contribution < 1.29 is 0 Å². The van der Waals surface area contributed by atoms with Crippen LogP contribution in [0.2, 0.25) is 0 Å². The molecule has 4 aliphatic rings. The van der Waals surface area contributed by atoms with E-state index in [0.717, 1.165) is 17.6 Å². The third-order valence-corrected chi connectivity index (χ3v) is 5.59. The molecule has 0 amide bonds. The first-order chi connectivity index (χ1) is 8.36. The topological polar surface area (TPSA) is 24.1 Å². The van der Waals surface area contributed by atoms with Crippen molar-refractivity contribution in [2.75, 3.05) is 6.54 Å². The Hall–Kier alpha value is -0.310. The molecule has 0 radical (unpaired) electrons. The van der Waals surface area contributed by atoms with Crippen LogP contribution in [0.3, 0.4) is 0 Å². The third kappa shape index (κ3) is 2.04. The van der Waals surface area contributed by atoms with Gasteiger partial charge < -0.3 is 10.6 Å². The summed E-state index contributed by atoms with van der Waals surface area (Å²) < 4.78 is 0. The first-order valence-electron chi connectivity index (χ1n) is 7.42. The van der Waals surface area contributed by atoms with E-state index in [-0.39, 0.29) is 0 Å². The Morgan fingerprint density at radius 1 is 1.11 bits per heavy atom. The van der Waals surface area contributed by atoms with Gasteiger partial charge >= 0.3 is 0 Å². The highest BCUT2D eigenvalue weighted by atomic mass is 32.1. The van der Waals surface area contributed by atoms with Gasteiger partial charge in [0.05, 0.1) is 0 Å². The largest absolute Gasteiger partial charge is 0.363 e. The van der Waals surface area contributed by atoms with Crippen LogP contribution in [0.15, 0.2) is 0 Å². The lowest BCUT2D eigenvalue weighted by atomic mass is 9.43. The maximum Gasteiger partial charge on any atom is 0.166 e. The number of hydrogen-bond donors (Lipinski definition) is 2. The van der Waals surface area contributed by atoms with E-state index in [2.05, 4.69) is 31.4 Å². The molecule has 0 spiro atoms. The molecule has 3 heteroatoms. The summed E-state index contributed by atoms with van der Waals surface area (Å²) in [6, 6.07) is 0. The minimum absolute atomic E-state index is 0.294. The molecule has 2 nitrogen and oxygen atoms in total.